The Hall–Kier alpha value is -1.69. The van der Waals surface area contributed by atoms with Crippen molar-refractivity contribution in [3.05, 3.63) is 35.9 Å². The van der Waals surface area contributed by atoms with Gasteiger partial charge in [0.05, 0.1) is 12.1 Å². The summed E-state index contributed by atoms with van der Waals surface area (Å²) in [7, 11) is 2.23. The smallest absolute Gasteiger partial charge is 0.134 e. The number of aliphatic hydroxyl groups excluding tert-OH is 1. The van der Waals surface area contributed by atoms with Crippen molar-refractivity contribution in [1.82, 2.24) is 14.8 Å². The predicted molar refractivity (Wildman–Crippen MR) is 102 cm³/mol. The van der Waals surface area contributed by atoms with E-state index < -0.39 is 0 Å². The maximum atomic E-state index is 9.81. The Labute approximate surface area is 149 Å². The third-order valence-corrected chi connectivity index (χ3v) is 5.68. The molecule has 2 aromatic rings. The van der Waals surface area contributed by atoms with E-state index in [-0.39, 0.29) is 6.61 Å². The van der Waals surface area contributed by atoms with Crippen LogP contribution in [0.15, 0.2) is 30.3 Å². The molecule has 25 heavy (non-hydrogen) atoms. The lowest BCUT2D eigenvalue weighted by Crippen LogP contribution is -2.54. The number of hydrogen-bond donors (Lipinski definition) is 1. The lowest BCUT2D eigenvalue weighted by atomic mass is 10.0. The number of benzene rings is 1. The predicted octanol–water partition coefficient (Wildman–Crippen LogP) is 1.94. The van der Waals surface area contributed by atoms with E-state index in [0.29, 0.717) is 6.04 Å². The monoisotopic (exact) mass is 340 g/mol. The minimum atomic E-state index is 0.0425. The largest absolute Gasteiger partial charge is 0.392 e. The quantitative estimate of drug-likeness (QED) is 0.925. The summed E-state index contributed by atoms with van der Waals surface area (Å²) in [5.74, 6) is 0.960. The Bertz CT molecular complexity index is 727. The maximum absolute atomic E-state index is 9.81. The van der Waals surface area contributed by atoms with Crippen LogP contribution in [0.25, 0.3) is 10.9 Å². The molecule has 2 aliphatic heterocycles. The highest BCUT2D eigenvalue weighted by Crippen LogP contribution is 2.26. The highest BCUT2D eigenvalue weighted by Gasteiger charge is 2.28. The van der Waals surface area contributed by atoms with E-state index in [1.807, 2.05) is 18.2 Å². The van der Waals surface area contributed by atoms with Crippen LogP contribution in [0.2, 0.25) is 0 Å². The summed E-state index contributed by atoms with van der Waals surface area (Å²) >= 11 is 0. The van der Waals surface area contributed by atoms with Crippen molar-refractivity contribution in [3.8, 4) is 0 Å². The van der Waals surface area contributed by atoms with E-state index in [0.717, 1.165) is 48.5 Å². The number of nitrogens with zero attached hydrogens (tertiary/aromatic N) is 4. The second-order valence-corrected chi connectivity index (χ2v) is 7.40. The van der Waals surface area contributed by atoms with Crippen molar-refractivity contribution in [2.45, 2.75) is 25.5 Å². The van der Waals surface area contributed by atoms with Crippen LogP contribution in [0.5, 0.6) is 0 Å². The van der Waals surface area contributed by atoms with Gasteiger partial charge in [-0.25, -0.2) is 4.98 Å². The lowest BCUT2D eigenvalue weighted by molar-refractivity contribution is 0.106. The number of anilines is 1. The average molecular weight is 340 g/mol. The summed E-state index contributed by atoms with van der Waals surface area (Å²) in [5.41, 5.74) is 1.94. The van der Waals surface area contributed by atoms with Crippen LogP contribution in [0.4, 0.5) is 5.82 Å². The summed E-state index contributed by atoms with van der Waals surface area (Å²) in [6.45, 7) is 6.60. The first-order chi connectivity index (χ1) is 12.2. The first kappa shape index (κ1) is 16.8. The van der Waals surface area contributed by atoms with Crippen LogP contribution >= 0.6 is 0 Å². The minimum Gasteiger partial charge on any atom is -0.392 e. The maximum Gasteiger partial charge on any atom is 0.134 e. The number of pyridine rings is 1. The van der Waals surface area contributed by atoms with Gasteiger partial charge in [0.1, 0.15) is 5.82 Å². The normalized spacial score (nSPS) is 23.3. The summed E-state index contributed by atoms with van der Waals surface area (Å²) in [4.78, 5) is 12.3. The molecule has 1 unspecified atom stereocenters. The molecular formula is C20H28N4O. The summed E-state index contributed by atoms with van der Waals surface area (Å²) < 4.78 is 0. The molecule has 4 rings (SSSR count). The molecule has 2 fully saturated rings. The number of piperazine rings is 1. The van der Waals surface area contributed by atoms with Gasteiger partial charge >= 0.3 is 0 Å². The number of aliphatic hydroxyl groups is 1. The Morgan fingerprint density at radius 3 is 2.68 bits per heavy atom. The molecule has 0 spiro atoms. The first-order valence-electron chi connectivity index (χ1n) is 9.41. The Morgan fingerprint density at radius 2 is 1.92 bits per heavy atom. The molecule has 0 saturated carbocycles. The summed E-state index contributed by atoms with van der Waals surface area (Å²) in [6.07, 6.45) is 2.63. The van der Waals surface area contributed by atoms with Crippen LogP contribution in [0.3, 0.4) is 0 Å². The fourth-order valence-corrected chi connectivity index (χ4v) is 4.28. The van der Waals surface area contributed by atoms with Crippen molar-refractivity contribution in [1.29, 1.82) is 0 Å². The minimum absolute atomic E-state index is 0.0425. The zero-order valence-corrected chi connectivity index (χ0v) is 15.1. The number of hydrogen-bond acceptors (Lipinski definition) is 5. The van der Waals surface area contributed by atoms with Crippen molar-refractivity contribution in [2.75, 3.05) is 51.2 Å². The number of piperidine rings is 1. The highest BCUT2D eigenvalue weighted by molar-refractivity contribution is 5.81. The molecule has 0 radical (unpaired) electrons. The lowest BCUT2D eigenvalue weighted by Gasteiger charge is -2.43. The first-order valence-corrected chi connectivity index (χ1v) is 9.41. The van der Waals surface area contributed by atoms with Crippen molar-refractivity contribution >= 4 is 16.7 Å². The van der Waals surface area contributed by atoms with Gasteiger partial charge in [-0.15, -0.1) is 0 Å². The number of fused-ring (bicyclic) bond motifs is 1. The van der Waals surface area contributed by atoms with Gasteiger partial charge in [0.15, 0.2) is 0 Å². The molecule has 5 heteroatoms. The number of likely N-dealkylation sites (N-methyl/N-ethyl adjacent to an activating group) is 1. The number of likely N-dealkylation sites (tertiary alicyclic amines) is 1. The van der Waals surface area contributed by atoms with Crippen molar-refractivity contribution in [3.63, 3.8) is 0 Å². The fraction of sp³-hybridized carbons (Fsp3) is 0.550. The van der Waals surface area contributed by atoms with E-state index in [1.165, 1.54) is 25.9 Å². The molecule has 1 aromatic carbocycles. The summed E-state index contributed by atoms with van der Waals surface area (Å²) in [5, 5.41) is 10.9. The molecule has 1 aromatic heterocycles. The van der Waals surface area contributed by atoms with E-state index in [1.54, 1.807) is 0 Å². The van der Waals surface area contributed by atoms with Crippen LogP contribution in [-0.4, -0.2) is 72.2 Å². The van der Waals surface area contributed by atoms with Gasteiger partial charge in [-0.1, -0.05) is 18.2 Å². The van der Waals surface area contributed by atoms with Gasteiger partial charge in [0.2, 0.25) is 0 Å². The van der Waals surface area contributed by atoms with Crippen LogP contribution in [0, 0.1) is 0 Å². The van der Waals surface area contributed by atoms with E-state index in [9.17, 15) is 5.11 Å². The van der Waals surface area contributed by atoms with Gasteiger partial charge in [0.25, 0.3) is 0 Å². The molecule has 5 nitrogen and oxygen atoms in total. The Kier molecular flexibility index (Phi) is 4.88. The zero-order valence-electron chi connectivity index (χ0n) is 15.1. The molecule has 2 aliphatic rings. The second-order valence-electron chi connectivity index (χ2n) is 7.40. The van der Waals surface area contributed by atoms with Crippen molar-refractivity contribution in [2.24, 2.45) is 0 Å². The SMILES string of the molecule is CN1CCCC(N2CCN(c3nc4ccccc4cc3CO)CC2)C1. The van der Waals surface area contributed by atoms with Crippen LogP contribution in [-0.2, 0) is 6.61 Å². The Balaban J connectivity index is 1.49. The fourth-order valence-electron chi connectivity index (χ4n) is 4.28. The van der Waals surface area contributed by atoms with Crippen LogP contribution < -0.4 is 4.90 Å². The number of aromatic nitrogens is 1. The highest BCUT2D eigenvalue weighted by atomic mass is 16.3. The van der Waals surface area contributed by atoms with Gasteiger partial charge in [-0.3, -0.25) is 4.90 Å². The zero-order chi connectivity index (χ0) is 17.2. The molecule has 0 aliphatic carbocycles. The molecule has 0 bridgehead atoms. The molecule has 134 valence electrons. The third kappa shape index (κ3) is 3.50. The molecule has 3 heterocycles. The standard InChI is InChI=1S/C20H28N4O/c1-22-8-4-6-18(14-22)23-9-11-24(12-10-23)20-17(15-25)13-16-5-2-3-7-19(16)21-20/h2-3,5,7,13,18,25H,4,6,8-12,14-15H2,1H3. The summed E-state index contributed by atoms with van der Waals surface area (Å²) in [6, 6.07) is 10.9. The number of rotatable bonds is 3. The molecule has 0 amide bonds. The van der Waals surface area contributed by atoms with E-state index >= 15 is 0 Å². The van der Waals surface area contributed by atoms with Gasteiger partial charge in [-0.05, 0) is 38.6 Å². The molecular weight excluding hydrogens is 312 g/mol. The molecule has 1 N–H and O–H groups in total. The van der Waals surface area contributed by atoms with E-state index in [4.69, 9.17) is 4.98 Å². The third-order valence-electron chi connectivity index (χ3n) is 5.68. The van der Waals surface area contributed by atoms with Gasteiger partial charge in [-0.2, -0.15) is 0 Å². The number of para-hydroxylation sites is 1. The van der Waals surface area contributed by atoms with Gasteiger partial charge in [0, 0.05) is 49.7 Å². The van der Waals surface area contributed by atoms with Gasteiger partial charge < -0.3 is 14.9 Å². The van der Waals surface area contributed by atoms with Crippen LogP contribution in [0.1, 0.15) is 18.4 Å². The Morgan fingerprint density at radius 1 is 1.12 bits per heavy atom. The van der Waals surface area contributed by atoms with E-state index in [2.05, 4.69) is 33.9 Å². The average Bonchev–Trinajstić information content (AvgIpc) is 2.67. The molecule has 1 atom stereocenters. The topological polar surface area (TPSA) is 42.8 Å². The second kappa shape index (κ2) is 7.28. The molecule has 2 saturated heterocycles. The van der Waals surface area contributed by atoms with Crippen molar-refractivity contribution < 1.29 is 5.11 Å².